The van der Waals surface area contributed by atoms with E-state index in [2.05, 4.69) is 5.32 Å². The summed E-state index contributed by atoms with van der Waals surface area (Å²) in [4.78, 5) is 21.2. The van der Waals surface area contributed by atoms with E-state index in [0.29, 0.717) is 6.42 Å². The van der Waals surface area contributed by atoms with Crippen molar-refractivity contribution in [3.05, 3.63) is 0 Å². The fourth-order valence-corrected chi connectivity index (χ4v) is 0.709. The number of ether oxygens (including phenoxy) is 1. The van der Waals surface area contributed by atoms with Gasteiger partial charge in [-0.05, 0) is 6.92 Å². The van der Waals surface area contributed by atoms with Crippen molar-refractivity contribution >= 4 is 11.9 Å². The maximum absolute atomic E-state index is 10.7. The van der Waals surface area contributed by atoms with Crippen molar-refractivity contribution in [3.8, 4) is 0 Å². The Hall–Kier alpha value is -1.06. The summed E-state index contributed by atoms with van der Waals surface area (Å²) in [6.45, 7) is 5.18. The molecule has 1 amide bonds. The molecule has 0 aromatic rings. The quantitative estimate of drug-likeness (QED) is 0.628. The zero-order chi connectivity index (χ0) is 9.56. The van der Waals surface area contributed by atoms with Gasteiger partial charge in [-0.1, -0.05) is 6.92 Å². The maximum Gasteiger partial charge on any atom is 0.305 e. The van der Waals surface area contributed by atoms with E-state index in [1.54, 1.807) is 13.8 Å². The lowest BCUT2D eigenvalue weighted by Crippen LogP contribution is -2.34. The fraction of sp³-hybridized carbons (Fsp3) is 0.750. The summed E-state index contributed by atoms with van der Waals surface area (Å²) in [5, 5.41) is 2.61. The van der Waals surface area contributed by atoms with Gasteiger partial charge < -0.3 is 10.1 Å². The third-order valence-corrected chi connectivity index (χ3v) is 1.23. The van der Waals surface area contributed by atoms with E-state index in [-0.39, 0.29) is 24.5 Å². The Morgan fingerprint density at radius 3 is 2.50 bits per heavy atom. The van der Waals surface area contributed by atoms with Crippen LogP contribution in [0, 0.1) is 0 Å². The minimum Gasteiger partial charge on any atom is -0.464 e. The summed E-state index contributed by atoms with van der Waals surface area (Å²) in [6, 6.07) is -0.113. The molecule has 4 nitrogen and oxygen atoms in total. The first-order valence-electron chi connectivity index (χ1n) is 3.99. The van der Waals surface area contributed by atoms with Crippen LogP contribution in [0.2, 0.25) is 0 Å². The van der Waals surface area contributed by atoms with Crippen molar-refractivity contribution in [2.45, 2.75) is 33.2 Å². The van der Waals surface area contributed by atoms with E-state index >= 15 is 0 Å². The van der Waals surface area contributed by atoms with Gasteiger partial charge in [0.25, 0.3) is 0 Å². The molecular weight excluding hydrogens is 158 g/mol. The molecule has 0 rings (SSSR count). The second-order valence-corrected chi connectivity index (χ2v) is 2.64. The van der Waals surface area contributed by atoms with Gasteiger partial charge in [-0.15, -0.1) is 0 Å². The number of nitrogens with one attached hydrogen (secondary N) is 1. The molecule has 12 heavy (non-hydrogen) atoms. The van der Waals surface area contributed by atoms with Gasteiger partial charge in [-0.3, -0.25) is 9.59 Å². The first kappa shape index (κ1) is 10.9. The van der Waals surface area contributed by atoms with Crippen molar-refractivity contribution in [1.29, 1.82) is 0 Å². The highest BCUT2D eigenvalue weighted by Gasteiger charge is 2.05. The molecular formula is C8H15NO3. The lowest BCUT2D eigenvalue weighted by molar-refractivity contribution is -0.144. The Balaban J connectivity index is 3.50. The fourth-order valence-electron chi connectivity index (χ4n) is 0.709. The lowest BCUT2D eigenvalue weighted by Gasteiger charge is -2.11. The lowest BCUT2D eigenvalue weighted by atomic mass is 10.3. The Labute approximate surface area is 72.3 Å². The van der Waals surface area contributed by atoms with Crippen molar-refractivity contribution in [3.63, 3.8) is 0 Å². The number of amides is 1. The molecule has 1 N–H and O–H groups in total. The molecule has 0 saturated carbocycles. The Morgan fingerprint density at radius 2 is 2.08 bits per heavy atom. The van der Waals surface area contributed by atoms with E-state index in [4.69, 9.17) is 4.74 Å². The van der Waals surface area contributed by atoms with Crippen molar-refractivity contribution < 1.29 is 14.3 Å². The molecule has 0 spiro atoms. The second-order valence-electron chi connectivity index (χ2n) is 2.64. The van der Waals surface area contributed by atoms with Crippen LogP contribution in [-0.4, -0.2) is 24.5 Å². The van der Waals surface area contributed by atoms with Crippen LogP contribution in [0.4, 0.5) is 0 Å². The molecule has 0 bridgehead atoms. The molecule has 0 saturated heterocycles. The van der Waals surface area contributed by atoms with Crippen LogP contribution < -0.4 is 5.32 Å². The summed E-state index contributed by atoms with van der Waals surface area (Å²) >= 11 is 0. The zero-order valence-corrected chi connectivity index (χ0v) is 7.72. The summed E-state index contributed by atoms with van der Waals surface area (Å²) < 4.78 is 4.80. The molecule has 0 aliphatic carbocycles. The summed E-state index contributed by atoms with van der Waals surface area (Å²) in [5.74, 6) is -0.359. The monoisotopic (exact) mass is 173 g/mol. The van der Waals surface area contributed by atoms with E-state index in [9.17, 15) is 9.59 Å². The van der Waals surface area contributed by atoms with Crippen LogP contribution in [0.5, 0.6) is 0 Å². The second kappa shape index (κ2) is 5.57. The van der Waals surface area contributed by atoms with Crippen LogP contribution >= 0.6 is 0 Å². The third-order valence-electron chi connectivity index (χ3n) is 1.23. The van der Waals surface area contributed by atoms with Crippen LogP contribution in [0.1, 0.15) is 27.2 Å². The maximum atomic E-state index is 10.7. The topological polar surface area (TPSA) is 55.4 Å². The number of hydrogen-bond donors (Lipinski definition) is 1. The first-order chi connectivity index (χ1) is 5.56. The van der Waals surface area contributed by atoms with Gasteiger partial charge in [0.1, 0.15) is 6.61 Å². The third kappa shape index (κ3) is 5.70. The van der Waals surface area contributed by atoms with E-state index in [1.807, 2.05) is 0 Å². The largest absolute Gasteiger partial charge is 0.464 e. The average Bonchev–Trinajstić information content (AvgIpc) is 1.99. The van der Waals surface area contributed by atoms with Crippen molar-refractivity contribution in [2.75, 3.05) is 6.61 Å². The predicted octanol–water partition coefficient (Wildman–Crippen LogP) is 0.464. The van der Waals surface area contributed by atoms with Crippen LogP contribution in [0.15, 0.2) is 0 Å². The van der Waals surface area contributed by atoms with Gasteiger partial charge in [0.15, 0.2) is 0 Å². The molecule has 0 unspecified atom stereocenters. The Kier molecular flexibility index (Phi) is 5.08. The Morgan fingerprint density at radius 1 is 1.50 bits per heavy atom. The standard InChI is InChI=1S/C8H15NO3/c1-4-8(11)12-5-6(2)9-7(3)10/h6H,4-5H2,1-3H3,(H,9,10)/t6-/m1/s1. The molecule has 0 aromatic heterocycles. The van der Waals surface area contributed by atoms with Gasteiger partial charge in [-0.2, -0.15) is 0 Å². The smallest absolute Gasteiger partial charge is 0.305 e. The van der Waals surface area contributed by atoms with Gasteiger partial charge >= 0.3 is 5.97 Å². The van der Waals surface area contributed by atoms with Gasteiger partial charge in [0, 0.05) is 13.3 Å². The molecule has 0 heterocycles. The minimum absolute atomic E-state index is 0.113. The highest BCUT2D eigenvalue weighted by molar-refractivity contribution is 5.73. The van der Waals surface area contributed by atoms with E-state index in [0.717, 1.165) is 0 Å². The molecule has 0 aliphatic heterocycles. The summed E-state index contributed by atoms with van der Waals surface area (Å²) in [7, 11) is 0. The van der Waals surface area contributed by atoms with Crippen molar-refractivity contribution in [2.24, 2.45) is 0 Å². The highest BCUT2D eigenvalue weighted by atomic mass is 16.5. The number of carbonyl (C=O) groups is 2. The van der Waals surface area contributed by atoms with E-state index < -0.39 is 0 Å². The normalized spacial score (nSPS) is 11.9. The number of hydrogen-bond acceptors (Lipinski definition) is 3. The zero-order valence-electron chi connectivity index (χ0n) is 7.72. The minimum atomic E-state index is -0.243. The van der Waals surface area contributed by atoms with Gasteiger partial charge in [0.05, 0.1) is 6.04 Å². The number of carbonyl (C=O) groups excluding carboxylic acids is 2. The predicted molar refractivity (Wildman–Crippen MR) is 44.5 cm³/mol. The summed E-state index contributed by atoms with van der Waals surface area (Å²) in [6.07, 6.45) is 0.368. The first-order valence-corrected chi connectivity index (χ1v) is 3.99. The van der Waals surface area contributed by atoms with Gasteiger partial charge in [-0.25, -0.2) is 0 Å². The number of esters is 1. The highest BCUT2D eigenvalue weighted by Crippen LogP contribution is 1.88. The summed E-state index contributed by atoms with van der Waals surface area (Å²) in [5.41, 5.74) is 0. The van der Waals surface area contributed by atoms with Crippen LogP contribution in [0.3, 0.4) is 0 Å². The molecule has 0 aliphatic rings. The van der Waals surface area contributed by atoms with Crippen molar-refractivity contribution in [1.82, 2.24) is 5.32 Å². The SMILES string of the molecule is CCC(=O)OC[C@@H](C)NC(C)=O. The van der Waals surface area contributed by atoms with Gasteiger partial charge in [0.2, 0.25) is 5.91 Å². The molecule has 1 atom stereocenters. The average molecular weight is 173 g/mol. The molecule has 70 valence electrons. The number of rotatable bonds is 4. The Bertz CT molecular complexity index is 168. The van der Waals surface area contributed by atoms with Crippen LogP contribution in [0.25, 0.3) is 0 Å². The van der Waals surface area contributed by atoms with Crippen LogP contribution in [-0.2, 0) is 14.3 Å². The van der Waals surface area contributed by atoms with E-state index in [1.165, 1.54) is 6.92 Å². The molecule has 0 aromatic carbocycles. The molecule has 0 radical (unpaired) electrons. The molecule has 0 fully saturated rings. The molecule has 4 heteroatoms.